The minimum atomic E-state index is -1.64. The maximum absolute atomic E-state index is 15.2. The molecular formula is C39H31ClFN5O5. The van der Waals surface area contributed by atoms with Gasteiger partial charge < -0.3 is 5.11 Å². The monoisotopic (exact) mass is 703 g/mol. The molecule has 1 saturated heterocycles. The molecule has 4 atom stereocenters. The highest BCUT2D eigenvalue weighted by Crippen LogP contribution is 2.63. The van der Waals surface area contributed by atoms with E-state index in [1.165, 1.54) is 33.6 Å². The number of carbonyl (C=O) groups is 2. The Hall–Kier alpha value is -5.94. The first-order valence-corrected chi connectivity index (χ1v) is 16.8. The number of aromatic hydroxyl groups is 1. The Labute approximate surface area is 295 Å². The van der Waals surface area contributed by atoms with E-state index in [9.17, 15) is 23.9 Å². The molecule has 2 aliphatic heterocycles. The van der Waals surface area contributed by atoms with Crippen molar-refractivity contribution in [2.24, 2.45) is 5.92 Å². The van der Waals surface area contributed by atoms with Crippen molar-refractivity contribution in [3.63, 3.8) is 0 Å². The molecule has 3 aliphatic rings. The maximum atomic E-state index is 15.2. The van der Waals surface area contributed by atoms with E-state index < -0.39 is 52.3 Å². The Bertz CT molecular complexity index is 2380. The van der Waals surface area contributed by atoms with Crippen LogP contribution in [0.1, 0.15) is 35.1 Å². The number of aromatic nitrogens is 3. The predicted molar refractivity (Wildman–Crippen MR) is 189 cm³/mol. The number of benzene rings is 4. The molecular weight excluding hydrogens is 673 g/mol. The molecule has 51 heavy (non-hydrogen) atoms. The van der Waals surface area contributed by atoms with Crippen LogP contribution in [0, 0.1) is 11.7 Å². The van der Waals surface area contributed by atoms with Crippen molar-refractivity contribution in [2.75, 3.05) is 5.43 Å². The first kappa shape index (κ1) is 32.3. The SMILES string of the molecule is C=CCc1cccc([C@H]2C3=CCn4c(=O)n(-c5ccccc5)c(=O)n4[C@@H]3C[C@H]3C(=O)N(Nc4ccc(F)cc4)C(=O)[C@@]23c2ccc(Cl)cc2)c1O. The molecule has 1 saturated carbocycles. The van der Waals surface area contributed by atoms with E-state index in [-0.39, 0.29) is 18.7 Å². The molecule has 8 rings (SSSR count). The molecule has 2 amide bonds. The molecule has 256 valence electrons. The van der Waals surface area contributed by atoms with Gasteiger partial charge >= 0.3 is 11.4 Å². The lowest BCUT2D eigenvalue weighted by atomic mass is 9.53. The lowest BCUT2D eigenvalue weighted by Crippen LogP contribution is -2.53. The van der Waals surface area contributed by atoms with Crippen LogP contribution in [-0.4, -0.2) is 35.9 Å². The minimum absolute atomic E-state index is 0.00436. The van der Waals surface area contributed by atoms with Crippen LogP contribution in [0.3, 0.4) is 0 Å². The van der Waals surface area contributed by atoms with Crippen LogP contribution < -0.4 is 16.8 Å². The number of imide groups is 1. The minimum Gasteiger partial charge on any atom is -0.507 e. The number of rotatable bonds is 7. The summed E-state index contributed by atoms with van der Waals surface area (Å²) in [5.74, 6) is -3.82. The summed E-state index contributed by atoms with van der Waals surface area (Å²) in [6, 6.07) is 24.9. The summed E-state index contributed by atoms with van der Waals surface area (Å²) in [5.41, 5.74) is 2.84. The number of phenolic OH excluding ortho intramolecular Hbond substituents is 1. The van der Waals surface area contributed by atoms with Gasteiger partial charge in [-0.15, -0.1) is 6.58 Å². The smallest absolute Gasteiger partial charge is 0.352 e. The number of nitrogens with zero attached hydrogens (tertiary/aromatic N) is 4. The van der Waals surface area contributed by atoms with Gasteiger partial charge in [-0.3, -0.25) is 15.0 Å². The normalized spacial score (nSPS) is 22.2. The van der Waals surface area contributed by atoms with Crippen molar-refractivity contribution in [1.82, 2.24) is 18.9 Å². The van der Waals surface area contributed by atoms with Gasteiger partial charge in [0.2, 0.25) is 0 Å². The van der Waals surface area contributed by atoms with Crippen LogP contribution in [0.4, 0.5) is 10.1 Å². The summed E-state index contributed by atoms with van der Waals surface area (Å²) >= 11 is 6.35. The van der Waals surface area contributed by atoms with Crippen LogP contribution in [-0.2, 0) is 28.0 Å². The van der Waals surface area contributed by atoms with E-state index in [1.54, 1.807) is 78.9 Å². The predicted octanol–water partition coefficient (Wildman–Crippen LogP) is 5.65. The van der Waals surface area contributed by atoms with Crippen molar-refractivity contribution in [1.29, 1.82) is 0 Å². The first-order chi connectivity index (χ1) is 24.7. The van der Waals surface area contributed by atoms with Gasteiger partial charge in [-0.2, -0.15) is 5.01 Å². The van der Waals surface area contributed by atoms with Gasteiger partial charge in [0.1, 0.15) is 11.6 Å². The molecule has 5 aromatic rings. The number of amides is 2. The number of nitrogens with one attached hydrogen (secondary N) is 1. The average Bonchev–Trinajstić information content (AvgIpc) is 3.51. The molecule has 4 aromatic carbocycles. The summed E-state index contributed by atoms with van der Waals surface area (Å²) in [7, 11) is 0. The van der Waals surface area contributed by atoms with Gasteiger partial charge in [-0.05, 0) is 78.1 Å². The maximum Gasteiger partial charge on any atom is 0.352 e. The molecule has 1 aromatic heterocycles. The van der Waals surface area contributed by atoms with Crippen molar-refractivity contribution in [3.05, 3.63) is 170 Å². The number of fused-ring (bicyclic) bond motifs is 4. The summed E-state index contributed by atoms with van der Waals surface area (Å²) in [6.45, 7) is 3.83. The van der Waals surface area contributed by atoms with E-state index in [0.717, 1.165) is 9.58 Å². The standard InChI is InChI=1S/C39H31ClFN5O5/c1-2-7-23-8-6-11-30(34(23)47)33-29-20-21-43-37(50)44(28-9-4-3-5-10-28)38(51)46(43)32(29)22-31-35(48)45(42-27-18-16-26(41)17-19-27)36(49)39(31,33)24-12-14-25(40)15-13-24/h2-6,8-20,31-33,42,47H,1,7,21-22H2/t31-,32+,33+,39+/m0/s1. The molecule has 0 bridgehead atoms. The van der Waals surface area contributed by atoms with Gasteiger partial charge in [0.05, 0.1) is 35.3 Å². The Morgan fingerprint density at radius 1 is 0.922 bits per heavy atom. The summed E-state index contributed by atoms with van der Waals surface area (Å²) in [4.78, 5) is 58.1. The lowest BCUT2D eigenvalue weighted by Gasteiger charge is -2.49. The zero-order chi connectivity index (χ0) is 35.6. The Morgan fingerprint density at radius 3 is 2.35 bits per heavy atom. The number of phenols is 1. The van der Waals surface area contributed by atoms with Crippen LogP contribution in [0.2, 0.25) is 5.02 Å². The Balaban J connectivity index is 1.40. The zero-order valence-corrected chi connectivity index (χ0v) is 27.8. The van der Waals surface area contributed by atoms with Gasteiger partial charge in [-0.1, -0.05) is 72.3 Å². The molecule has 1 aliphatic carbocycles. The largest absolute Gasteiger partial charge is 0.507 e. The number of para-hydroxylation sites is 2. The third kappa shape index (κ3) is 4.75. The molecule has 12 heteroatoms. The zero-order valence-electron chi connectivity index (χ0n) is 27.1. The summed E-state index contributed by atoms with van der Waals surface area (Å²) < 4.78 is 17.7. The topological polar surface area (TPSA) is 119 Å². The van der Waals surface area contributed by atoms with Crippen LogP contribution in [0.15, 0.2) is 131 Å². The van der Waals surface area contributed by atoms with Crippen LogP contribution >= 0.6 is 11.6 Å². The number of anilines is 1. The third-order valence-corrected chi connectivity index (χ3v) is 10.6. The quantitative estimate of drug-likeness (QED) is 0.167. The van der Waals surface area contributed by atoms with E-state index in [4.69, 9.17) is 11.6 Å². The molecule has 2 N–H and O–H groups in total. The molecule has 0 radical (unpaired) electrons. The fourth-order valence-electron chi connectivity index (χ4n) is 8.22. The van der Waals surface area contributed by atoms with Crippen molar-refractivity contribution >= 4 is 29.1 Å². The average molecular weight is 704 g/mol. The van der Waals surface area contributed by atoms with E-state index >= 15 is 4.79 Å². The molecule has 0 spiro atoms. The lowest BCUT2D eigenvalue weighted by molar-refractivity contribution is -0.138. The second kappa shape index (κ2) is 12.1. The number of allylic oxidation sites excluding steroid dienone is 3. The van der Waals surface area contributed by atoms with E-state index in [0.29, 0.717) is 45.1 Å². The number of hydrogen-bond acceptors (Lipinski definition) is 6. The summed E-state index contributed by atoms with van der Waals surface area (Å²) in [6.07, 6.45) is 3.79. The number of halogens is 2. The second-order valence-electron chi connectivity index (χ2n) is 12.9. The Kier molecular flexibility index (Phi) is 7.68. The fourth-order valence-corrected chi connectivity index (χ4v) is 8.35. The second-order valence-corrected chi connectivity index (χ2v) is 13.4. The molecule has 0 unspecified atom stereocenters. The van der Waals surface area contributed by atoms with Crippen molar-refractivity contribution in [2.45, 2.75) is 36.8 Å². The van der Waals surface area contributed by atoms with Gasteiger partial charge in [-0.25, -0.2) is 27.9 Å². The number of hydrazine groups is 1. The number of carbonyl (C=O) groups excluding carboxylic acids is 2. The van der Waals surface area contributed by atoms with Crippen molar-refractivity contribution < 1.29 is 19.1 Å². The fraction of sp³-hybridized carbons (Fsp3) is 0.179. The van der Waals surface area contributed by atoms with Gasteiger partial charge in [0, 0.05) is 16.5 Å². The van der Waals surface area contributed by atoms with E-state index in [1.807, 2.05) is 6.08 Å². The highest BCUT2D eigenvalue weighted by Gasteiger charge is 2.69. The van der Waals surface area contributed by atoms with Gasteiger partial charge in [0.15, 0.2) is 0 Å². The first-order valence-electron chi connectivity index (χ1n) is 16.4. The van der Waals surface area contributed by atoms with Crippen LogP contribution in [0.25, 0.3) is 5.69 Å². The molecule has 10 nitrogen and oxygen atoms in total. The number of hydrogen-bond donors (Lipinski definition) is 2. The highest BCUT2D eigenvalue weighted by atomic mass is 35.5. The summed E-state index contributed by atoms with van der Waals surface area (Å²) in [5, 5.41) is 13.3. The van der Waals surface area contributed by atoms with Crippen LogP contribution in [0.5, 0.6) is 5.75 Å². The van der Waals surface area contributed by atoms with Gasteiger partial charge in [0.25, 0.3) is 11.8 Å². The molecule has 3 heterocycles. The Morgan fingerprint density at radius 2 is 1.65 bits per heavy atom. The highest BCUT2D eigenvalue weighted by molar-refractivity contribution is 6.30. The van der Waals surface area contributed by atoms with Crippen molar-refractivity contribution in [3.8, 4) is 11.4 Å². The van der Waals surface area contributed by atoms with E-state index in [2.05, 4.69) is 12.0 Å². The molecule has 2 fully saturated rings. The third-order valence-electron chi connectivity index (χ3n) is 10.4.